The Morgan fingerprint density at radius 1 is 0.943 bits per heavy atom. The van der Waals surface area contributed by atoms with Crippen molar-refractivity contribution >= 4 is 33.9 Å². The predicted molar refractivity (Wildman–Crippen MR) is 129 cm³/mol. The Kier molecular flexibility index (Phi) is 7.89. The molecule has 3 aromatic rings. The number of rotatable bonds is 5. The lowest BCUT2D eigenvalue weighted by Gasteiger charge is -2.21. The van der Waals surface area contributed by atoms with Crippen molar-refractivity contribution in [3.8, 4) is 5.75 Å². The van der Waals surface area contributed by atoms with Crippen molar-refractivity contribution in [1.29, 1.82) is 0 Å². The average Bonchev–Trinajstić information content (AvgIpc) is 2.98. The molecule has 1 heterocycles. The number of fused-ring (bicyclic) bond motifs is 3. The van der Waals surface area contributed by atoms with Gasteiger partial charge in [-0.25, -0.2) is 18.6 Å². The van der Waals surface area contributed by atoms with Crippen LogP contribution < -0.4 is 23.5 Å². The largest absolute Gasteiger partial charge is 0.507 e. The van der Waals surface area contributed by atoms with Crippen molar-refractivity contribution in [2.75, 3.05) is 25.0 Å². The lowest BCUT2D eigenvalue weighted by molar-refractivity contribution is -2.00. The van der Waals surface area contributed by atoms with Gasteiger partial charge >= 0.3 is 0 Å². The number of phenolic OH excluding ortho intramolecular Hbond substituents is 1. The van der Waals surface area contributed by atoms with Crippen LogP contribution in [-0.4, -0.2) is 35.5 Å². The van der Waals surface area contributed by atoms with Gasteiger partial charge in [-0.2, -0.15) is 4.58 Å². The van der Waals surface area contributed by atoms with Gasteiger partial charge in [0.05, 0.1) is 5.41 Å². The van der Waals surface area contributed by atoms with Crippen molar-refractivity contribution < 1.29 is 38.6 Å². The number of hydrogen-bond acceptors (Lipinski definition) is 6. The molecule has 0 unspecified atom stereocenters. The molecule has 0 saturated carbocycles. The molecule has 0 fully saturated rings. The van der Waals surface area contributed by atoms with Gasteiger partial charge in [0.25, 0.3) is 0 Å². The van der Waals surface area contributed by atoms with Gasteiger partial charge in [0.1, 0.15) is 12.8 Å². The molecular formula is C27H31ClN2O5. The third-order valence-electron chi connectivity index (χ3n) is 6.46. The molecule has 186 valence electrons. The zero-order valence-corrected chi connectivity index (χ0v) is 21.4. The second-order valence-electron chi connectivity index (χ2n) is 8.88. The summed E-state index contributed by atoms with van der Waals surface area (Å²) in [7, 11) is -2.81. The quantitative estimate of drug-likeness (QED) is 0.530. The molecule has 0 saturated heterocycles. The number of phenols is 1. The van der Waals surface area contributed by atoms with Gasteiger partial charge in [-0.15, -0.1) is 10.2 Å². The number of benzene rings is 3. The molecule has 0 aromatic heterocycles. The molecule has 1 N–H and O–H groups in total. The molecule has 0 bridgehead atoms. The van der Waals surface area contributed by atoms with Gasteiger partial charge in [0.15, 0.2) is 5.71 Å². The molecule has 0 amide bonds. The van der Waals surface area contributed by atoms with Crippen LogP contribution in [0.15, 0.2) is 60.7 Å². The Morgan fingerprint density at radius 3 is 2.17 bits per heavy atom. The van der Waals surface area contributed by atoms with E-state index in [0.717, 1.165) is 24.3 Å². The van der Waals surface area contributed by atoms with Gasteiger partial charge in [-0.05, 0) is 62.7 Å². The van der Waals surface area contributed by atoms with Crippen molar-refractivity contribution in [2.24, 2.45) is 0 Å². The molecule has 7 nitrogen and oxygen atoms in total. The maximum absolute atomic E-state index is 10.6. The first-order valence-corrected chi connectivity index (χ1v) is 12.6. The van der Waals surface area contributed by atoms with Crippen LogP contribution in [0.1, 0.15) is 38.8 Å². The number of halogens is 1. The first-order chi connectivity index (χ1) is 16.4. The molecule has 0 radical (unpaired) electrons. The smallest absolute Gasteiger partial charge is 0.210 e. The summed E-state index contributed by atoms with van der Waals surface area (Å²) < 4.78 is 36.2. The highest BCUT2D eigenvalue weighted by Gasteiger charge is 2.44. The first kappa shape index (κ1) is 26.7. The Morgan fingerprint density at radius 2 is 1.57 bits per heavy atom. The number of nitrogens with zero attached hydrogens (tertiary/aromatic N) is 2. The summed E-state index contributed by atoms with van der Waals surface area (Å²) in [5, 5.41) is 13.2. The van der Waals surface area contributed by atoms with E-state index in [1.54, 1.807) is 0 Å². The maximum atomic E-state index is 10.6. The normalized spacial score (nSPS) is 14.8. The van der Waals surface area contributed by atoms with E-state index in [0.29, 0.717) is 5.75 Å². The van der Waals surface area contributed by atoms with Gasteiger partial charge < -0.3 is 10.0 Å². The topological polar surface area (TPSA) is 119 Å². The fraction of sp³-hybridized carbons (Fsp3) is 0.296. The summed E-state index contributed by atoms with van der Waals surface area (Å²) >= 11 is 0. The van der Waals surface area contributed by atoms with Gasteiger partial charge in [-0.3, -0.25) is 0 Å². The minimum atomic E-state index is -4.94. The Balaban J connectivity index is 0.000000623. The molecule has 1 aliphatic rings. The SMILES string of the molecule is CCN(CC)c1ccc(/C=C/C2=[N+](C)c3ccc4ccccc4c3C2(C)C)c(O)c1.[O-][Cl+3]([O-])([O-])[O-]. The van der Waals surface area contributed by atoms with Crippen LogP contribution in [-0.2, 0) is 5.41 Å². The van der Waals surface area contributed by atoms with Gasteiger partial charge in [0, 0.05) is 48.1 Å². The Hall–Kier alpha value is -2.94. The summed E-state index contributed by atoms with van der Waals surface area (Å²) in [4.78, 5) is 2.23. The molecule has 1 aliphatic heterocycles. The summed E-state index contributed by atoms with van der Waals surface area (Å²) in [6.07, 6.45) is 4.18. The lowest BCUT2D eigenvalue weighted by atomic mass is 9.79. The minimum absolute atomic E-state index is 0.127. The Bertz CT molecular complexity index is 1270. The fourth-order valence-corrected chi connectivity index (χ4v) is 4.82. The van der Waals surface area contributed by atoms with Crippen LogP contribution in [0.4, 0.5) is 11.4 Å². The third kappa shape index (κ3) is 5.83. The standard InChI is InChI=1S/C27H30N2O.ClHO4/c1-6-29(7-2)21-15-12-20(24(30)18-21)14-17-25-27(3,4)26-22-11-9-8-10-19(22)13-16-23(26)28(25)5;2-1(3,4)5/h8-18H,6-7H2,1-5H3;(H,2,3,4,5). The summed E-state index contributed by atoms with van der Waals surface area (Å²) in [5.41, 5.74) is 5.60. The lowest BCUT2D eigenvalue weighted by Crippen LogP contribution is -2.68. The van der Waals surface area contributed by atoms with E-state index >= 15 is 0 Å². The monoisotopic (exact) mass is 498 g/mol. The highest BCUT2D eigenvalue weighted by atomic mass is 35.7. The molecule has 0 aliphatic carbocycles. The zero-order valence-electron chi connectivity index (χ0n) is 20.6. The second kappa shape index (κ2) is 10.4. The molecule has 8 heteroatoms. The average molecular weight is 499 g/mol. The van der Waals surface area contributed by atoms with Crippen molar-refractivity contribution in [3.05, 3.63) is 71.8 Å². The number of allylic oxidation sites excluding steroid dienone is 1. The maximum Gasteiger partial charge on any atom is 0.210 e. The minimum Gasteiger partial charge on any atom is -0.507 e. The van der Waals surface area contributed by atoms with Crippen molar-refractivity contribution in [1.82, 2.24) is 0 Å². The van der Waals surface area contributed by atoms with E-state index in [-0.39, 0.29) is 5.41 Å². The van der Waals surface area contributed by atoms with Gasteiger partial charge in [0.2, 0.25) is 5.69 Å². The van der Waals surface area contributed by atoms with Crippen molar-refractivity contribution in [3.63, 3.8) is 0 Å². The predicted octanol–water partition coefficient (Wildman–Crippen LogP) is 1.35. The summed E-state index contributed by atoms with van der Waals surface area (Å²) in [6, 6.07) is 19.0. The van der Waals surface area contributed by atoms with E-state index in [1.165, 1.54) is 27.7 Å². The summed E-state index contributed by atoms with van der Waals surface area (Å²) in [5.74, 6) is 0.317. The van der Waals surface area contributed by atoms with E-state index in [2.05, 4.69) is 92.8 Å². The van der Waals surface area contributed by atoms with E-state index in [4.69, 9.17) is 18.6 Å². The van der Waals surface area contributed by atoms with Crippen LogP contribution in [0.25, 0.3) is 16.8 Å². The van der Waals surface area contributed by atoms with Crippen molar-refractivity contribution in [2.45, 2.75) is 33.1 Å². The number of hydrogen-bond donors (Lipinski definition) is 1. The molecule has 4 rings (SSSR count). The number of anilines is 1. The van der Waals surface area contributed by atoms with Crippen LogP contribution >= 0.6 is 0 Å². The molecule has 35 heavy (non-hydrogen) atoms. The molecular weight excluding hydrogens is 468 g/mol. The second-order valence-corrected chi connectivity index (χ2v) is 9.63. The molecule has 3 aromatic carbocycles. The molecule has 0 spiro atoms. The first-order valence-electron chi connectivity index (χ1n) is 11.4. The molecule has 0 atom stereocenters. The van der Waals surface area contributed by atoms with E-state index < -0.39 is 10.2 Å². The van der Waals surface area contributed by atoms with Crippen LogP contribution in [0.5, 0.6) is 5.75 Å². The van der Waals surface area contributed by atoms with E-state index in [9.17, 15) is 5.11 Å². The van der Waals surface area contributed by atoms with Crippen LogP contribution in [0, 0.1) is 10.2 Å². The Labute approximate surface area is 208 Å². The number of aromatic hydroxyl groups is 1. The summed E-state index contributed by atoms with van der Waals surface area (Å²) in [6.45, 7) is 10.7. The van der Waals surface area contributed by atoms with Crippen LogP contribution in [0.3, 0.4) is 0 Å². The zero-order chi connectivity index (χ0) is 26.0. The highest BCUT2D eigenvalue weighted by molar-refractivity contribution is 6.09. The third-order valence-corrected chi connectivity index (χ3v) is 6.46. The van der Waals surface area contributed by atoms with Gasteiger partial charge in [-0.1, -0.05) is 24.3 Å². The highest BCUT2D eigenvalue weighted by Crippen LogP contribution is 2.43. The van der Waals surface area contributed by atoms with Crippen LogP contribution in [0.2, 0.25) is 0 Å². The fourth-order valence-electron chi connectivity index (χ4n) is 4.82. The van der Waals surface area contributed by atoms with E-state index in [1.807, 2.05) is 18.2 Å².